The van der Waals surface area contributed by atoms with Crippen LogP contribution in [0.4, 0.5) is 10.5 Å². The molecule has 1 aliphatic carbocycles. The van der Waals surface area contributed by atoms with Crippen LogP contribution in [0.25, 0.3) is 0 Å². The summed E-state index contributed by atoms with van der Waals surface area (Å²) in [6.45, 7) is 0. The van der Waals surface area contributed by atoms with E-state index in [0.717, 1.165) is 25.7 Å². The standard InChI is InChI=1S/C15H19NO5/c17-15(20-13-6-4-2-1-3-5-7-13)21-14-10-8-12(9-11-14)16(18)19/h8-11,13H,1-7H2. The summed E-state index contributed by atoms with van der Waals surface area (Å²) in [6.07, 6.45) is 6.65. The Morgan fingerprint density at radius 3 is 2.19 bits per heavy atom. The summed E-state index contributed by atoms with van der Waals surface area (Å²) in [4.78, 5) is 21.7. The normalized spacial score (nSPS) is 16.6. The SMILES string of the molecule is O=C(Oc1ccc([N+](=O)[O-])cc1)OC1CCCCCCC1. The number of carbonyl (C=O) groups is 1. The topological polar surface area (TPSA) is 78.7 Å². The maximum absolute atomic E-state index is 11.7. The number of hydrogen-bond donors (Lipinski definition) is 0. The third-order valence-electron chi connectivity index (χ3n) is 3.56. The molecule has 0 aliphatic heterocycles. The Hall–Kier alpha value is -2.11. The fourth-order valence-electron chi connectivity index (χ4n) is 2.43. The van der Waals surface area contributed by atoms with Crippen molar-refractivity contribution in [2.75, 3.05) is 0 Å². The fourth-order valence-corrected chi connectivity index (χ4v) is 2.43. The molecule has 114 valence electrons. The van der Waals surface area contributed by atoms with Crippen LogP contribution in [-0.2, 0) is 4.74 Å². The van der Waals surface area contributed by atoms with Gasteiger partial charge in [0.05, 0.1) is 4.92 Å². The average molecular weight is 293 g/mol. The molecular formula is C15H19NO5. The van der Waals surface area contributed by atoms with Crippen molar-refractivity contribution >= 4 is 11.8 Å². The number of nitrogens with zero attached hydrogens (tertiary/aromatic N) is 1. The molecular weight excluding hydrogens is 274 g/mol. The van der Waals surface area contributed by atoms with E-state index in [1.165, 1.54) is 43.5 Å². The molecule has 0 bridgehead atoms. The highest BCUT2D eigenvalue weighted by Gasteiger charge is 2.17. The Morgan fingerprint density at radius 1 is 1.05 bits per heavy atom. The van der Waals surface area contributed by atoms with Gasteiger partial charge in [-0.3, -0.25) is 10.1 Å². The van der Waals surface area contributed by atoms with Gasteiger partial charge in [-0.1, -0.05) is 19.3 Å². The van der Waals surface area contributed by atoms with Crippen LogP contribution in [0.2, 0.25) is 0 Å². The number of carbonyl (C=O) groups excluding carboxylic acids is 1. The van der Waals surface area contributed by atoms with Crippen LogP contribution in [-0.4, -0.2) is 17.2 Å². The zero-order valence-corrected chi connectivity index (χ0v) is 11.8. The lowest BCUT2D eigenvalue weighted by Gasteiger charge is -2.19. The molecule has 0 saturated heterocycles. The summed E-state index contributed by atoms with van der Waals surface area (Å²) in [5, 5.41) is 10.5. The summed E-state index contributed by atoms with van der Waals surface area (Å²) < 4.78 is 10.4. The Morgan fingerprint density at radius 2 is 1.62 bits per heavy atom. The molecule has 0 amide bonds. The van der Waals surface area contributed by atoms with Gasteiger partial charge in [0.25, 0.3) is 5.69 Å². The first kappa shape index (κ1) is 15.3. The highest BCUT2D eigenvalue weighted by atomic mass is 16.7. The predicted molar refractivity (Wildman–Crippen MR) is 76.3 cm³/mol. The van der Waals surface area contributed by atoms with Crippen molar-refractivity contribution in [1.82, 2.24) is 0 Å². The van der Waals surface area contributed by atoms with Gasteiger partial charge in [0.15, 0.2) is 0 Å². The van der Waals surface area contributed by atoms with Crippen LogP contribution >= 0.6 is 0 Å². The number of hydrogen-bond acceptors (Lipinski definition) is 5. The first-order valence-corrected chi connectivity index (χ1v) is 7.28. The summed E-state index contributed by atoms with van der Waals surface area (Å²) in [5.74, 6) is 0.247. The molecule has 0 aromatic heterocycles. The molecule has 1 saturated carbocycles. The lowest BCUT2D eigenvalue weighted by atomic mass is 9.99. The Bertz CT molecular complexity index is 477. The average Bonchev–Trinajstić information content (AvgIpc) is 2.42. The minimum absolute atomic E-state index is 0.0456. The van der Waals surface area contributed by atoms with Crippen molar-refractivity contribution in [3.8, 4) is 5.75 Å². The fraction of sp³-hybridized carbons (Fsp3) is 0.533. The van der Waals surface area contributed by atoms with Gasteiger partial charge in [-0.25, -0.2) is 4.79 Å². The Labute approximate surface area is 123 Å². The molecule has 1 aliphatic rings. The minimum atomic E-state index is -0.741. The van der Waals surface area contributed by atoms with Crippen molar-refractivity contribution in [1.29, 1.82) is 0 Å². The molecule has 21 heavy (non-hydrogen) atoms. The van der Waals surface area contributed by atoms with E-state index in [2.05, 4.69) is 0 Å². The van der Waals surface area contributed by atoms with Crippen LogP contribution in [0.15, 0.2) is 24.3 Å². The van der Waals surface area contributed by atoms with Gasteiger partial charge >= 0.3 is 6.16 Å². The summed E-state index contributed by atoms with van der Waals surface area (Å²) >= 11 is 0. The molecule has 0 heterocycles. The van der Waals surface area contributed by atoms with Crippen LogP contribution in [0.1, 0.15) is 44.9 Å². The van der Waals surface area contributed by atoms with Gasteiger partial charge in [-0.2, -0.15) is 0 Å². The maximum atomic E-state index is 11.7. The van der Waals surface area contributed by atoms with Crippen LogP contribution in [0.3, 0.4) is 0 Å². The molecule has 1 aromatic rings. The largest absolute Gasteiger partial charge is 0.514 e. The molecule has 1 fully saturated rings. The summed E-state index contributed by atoms with van der Waals surface area (Å²) in [7, 11) is 0. The minimum Gasteiger partial charge on any atom is -0.431 e. The van der Waals surface area contributed by atoms with Crippen LogP contribution in [0.5, 0.6) is 5.75 Å². The van der Waals surface area contributed by atoms with Crippen molar-refractivity contribution in [2.45, 2.75) is 51.0 Å². The highest BCUT2D eigenvalue weighted by molar-refractivity contribution is 5.64. The van der Waals surface area contributed by atoms with E-state index in [1.54, 1.807) is 0 Å². The lowest BCUT2D eigenvalue weighted by molar-refractivity contribution is -0.384. The monoisotopic (exact) mass is 293 g/mol. The number of rotatable bonds is 3. The zero-order chi connectivity index (χ0) is 15.1. The molecule has 0 atom stereocenters. The van der Waals surface area contributed by atoms with E-state index in [1.807, 2.05) is 0 Å². The number of benzene rings is 1. The van der Waals surface area contributed by atoms with E-state index in [4.69, 9.17) is 9.47 Å². The van der Waals surface area contributed by atoms with E-state index in [-0.39, 0.29) is 17.5 Å². The van der Waals surface area contributed by atoms with E-state index in [9.17, 15) is 14.9 Å². The molecule has 0 unspecified atom stereocenters. The van der Waals surface area contributed by atoms with Crippen LogP contribution in [0, 0.1) is 10.1 Å². The molecule has 0 radical (unpaired) electrons. The second kappa shape index (κ2) is 7.61. The first-order valence-electron chi connectivity index (χ1n) is 7.28. The van der Waals surface area contributed by atoms with E-state index in [0.29, 0.717) is 0 Å². The quantitative estimate of drug-likeness (QED) is 0.361. The zero-order valence-electron chi connectivity index (χ0n) is 11.8. The predicted octanol–water partition coefficient (Wildman–Crippen LogP) is 4.22. The van der Waals surface area contributed by atoms with E-state index < -0.39 is 11.1 Å². The van der Waals surface area contributed by atoms with Crippen molar-refractivity contribution < 1.29 is 19.2 Å². The van der Waals surface area contributed by atoms with Crippen LogP contribution < -0.4 is 4.74 Å². The van der Waals surface area contributed by atoms with E-state index >= 15 is 0 Å². The van der Waals surface area contributed by atoms with Crippen molar-refractivity contribution in [2.24, 2.45) is 0 Å². The maximum Gasteiger partial charge on any atom is 0.514 e. The molecule has 0 spiro atoms. The highest BCUT2D eigenvalue weighted by Crippen LogP contribution is 2.21. The molecule has 6 heteroatoms. The third kappa shape index (κ3) is 5.06. The third-order valence-corrected chi connectivity index (χ3v) is 3.56. The van der Waals surface area contributed by atoms with Gasteiger partial charge in [0, 0.05) is 12.1 Å². The number of nitro benzene ring substituents is 1. The smallest absolute Gasteiger partial charge is 0.431 e. The van der Waals surface area contributed by atoms with Gasteiger partial charge in [0.2, 0.25) is 0 Å². The Kier molecular flexibility index (Phi) is 5.54. The summed E-state index contributed by atoms with van der Waals surface area (Å²) in [6, 6.07) is 5.35. The van der Waals surface area contributed by atoms with Gasteiger partial charge in [0.1, 0.15) is 11.9 Å². The number of non-ortho nitro benzene ring substituents is 1. The number of ether oxygens (including phenoxy) is 2. The van der Waals surface area contributed by atoms with Gasteiger partial charge in [-0.15, -0.1) is 0 Å². The van der Waals surface area contributed by atoms with Gasteiger partial charge < -0.3 is 9.47 Å². The van der Waals surface area contributed by atoms with Gasteiger partial charge in [-0.05, 0) is 37.8 Å². The molecule has 0 N–H and O–H groups in total. The molecule has 6 nitrogen and oxygen atoms in total. The Balaban J connectivity index is 1.84. The molecule has 1 aromatic carbocycles. The van der Waals surface area contributed by atoms with Crippen molar-refractivity contribution in [3.05, 3.63) is 34.4 Å². The number of nitro groups is 1. The summed E-state index contributed by atoms with van der Waals surface area (Å²) in [5.41, 5.74) is -0.0456. The first-order chi connectivity index (χ1) is 10.1. The second-order valence-electron chi connectivity index (χ2n) is 5.19. The second-order valence-corrected chi connectivity index (χ2v) is 5.19. The molecule has 2 rings (SSSR count). The lowest BCUT2D eigenvalue weighted by Crippen LogP contribution is -2.21. The van der Waals surface area contributed by atoms with Crippen molar-refractivity contribution in [3.63, 3.8) is 0 Å².